The molecule has 0 radical (unpaired) electrons. The third kappa shape index (κ3) is 4.62. The minimum absolute atomic E-state index is 0.118. The van der Waals surface area contributed by atoms with Gasteiger partial charge in [0.25, 0.3) is 5.91 Å². The second kappa shape index (κ2) is 9.66. The fourth-order valence-corrected chi connectivity index (χ4v) is 5.03. The first-order chi connectivity index (χ1) is 16.5. The molecule has 1 atom stereocenters. The maximum absolute atomic E-state index is 12.8. The van der Waals surface area contributed by atoms with Crippen molar-refractivity contribution in [2.24, 2.45) is 10.1 Å². The topological polar surface area (TPSA) is 54.3 Å². The number of benzene rings is 3. The molecule has 5 nitrogen and oxygen atoms in total. The van der Waals surface area contributed by atoms with Crippen LogP contribution >= 0.6 is 35.0 Å². The van der Waals surface area contributed by atoms with Crippen LogP contribution in [0.25, 0.3) is 6.08 Å². The highest BCUT2D eigenvalue weighted by molar-refractivity contribution is 8.18. The van der Waals surface area contributed by atoms with Crippen LogP contribution < -0.4 is 4.74 Å². The molecular weight excluding hydrogens is 489 g/mol. The van der Waals surface area contributed by atoms with Crippen molar-refractivity contribution in [1.29, 1.82) is 0 Å². The van der Waals surface area contributed by atoms with E-state index in [1.165, 1.54) is 11.8 Å². The third-order valence-corrected chi connectivity index (χ3v) is 7.05. The van der Waals surface area contributed by atoms with Gasteiger partial charge in [-0.25, -0.2) is 5.01 Å². The SMILES string of the molecule is COc1ccccc1/C=C1/SC(N2N=C(c3ccc(Cl)cc3)CC2c2ccc(Cl)cc2)=NC1=O. The second-order valence-electron chi connectivity index (χ2n) is 7.72. The van der Waals surface area contributed by atoms with Crippen molar-refractivity contribution < 1.29 is 9.53 Å². The molecule has 0 saturated carbocycles. The van der Waals surface area contributed by atoms with E-state index in [1.807, 2.05) is 77.8 Å². The summed E-state index contributed by atoms with van der Waals surface area (Å²) < 4.78 is 5.42. The Morgan fingerprint density at radius 3 is 2.38 bits per heavy atom. The van der Waals surface area contributed by atoms with Gasteiger partial charge < -0.3 is 4.74 Å². The molecule has 3 aromatic carbocycles. The number of aliphatic imine (C=N–C) groups is 1. The van der Waals surface area contributed by atoms with Gasteiger partial charge in [0.2, 0.25) is 0 Å². The summed E-state index contributed by atoms with van der Waals surface area (Å²) in [6.07, 6.45) is 2.46. The summed E-state index contributed by atoms with van der Waals surface area (Å²) in [5, 5.41) is 8.58. The summed E-state index contributed by atoms with van der Waals surface area (Å²) in [5.74, 6) is 0.399. The summed E-state index contributed by atoms with van der Waals surface area (Å²) in [6, 6.07) is 22.7. The number of amidine groups is 1. The van der Waals surface area contributed by atoms with Gasteiger partial charge in [0.15, 0.2) is 5.17 Å². The van der Waals surface area contributed by atoms with Crippen molar-refractivity contribution in [3.05, 3.63) is 104 Å². The number of thioether (sulfide) groups is 1. The molecule has 0 bridgehead atoms. The zero-order valence-electron chi connectivity index (χ0n) is 18.1. The average molecular weight is 508 g/mol. The number of rotatable bonds is 4. The first-order valence-electron chi connectivity index (χ1n) is 10.6. The maximum atomic E-state index is 12.8. The molecule has 3 aromatic rings. The number of methoxy groups -OCH3 is 1. The van der Waals surface area contributed by atoms with E-state index in [2.05, 4.69) is 4.99 Å². The number of nitrogens with zero attached hydrogens (tertiary/aromatic N) is 3. The van der Waals surface area contributed by atoms with Crippen LogP contribution in [0, 0.1) is 0 Å². The fourth-order valence-electron chi connectivity index (χ4n) is 3.87. The molecule has 0 aromatic heterocycles. The lowest BCUT2D eigenvalue weighted by atomic mass is 9.99. The predicted octanol–water partition coefficient (Wildman–Crippen LogP) is 6.82. The van der Waals surface area contributed by atoms with Crippen LogP contribution in [-0.4, -0.2) is 28.9 Å². The first kappa shape index (κ1) is 22.7. The Bertz CT molecular complexity index is 1330. The predicted molar refractivity (Wildman–Crippen MR) is 140 cm³/mol. The van der Waals surface area contributed by atoms with Crippen molar-refractivity contribution in [3.8, 4) is 5.75 Å². The number of hydrazone groups is 1. The minimum atomic E-state index is -0.295. The number of halogens is 2. The maximum Gasteiger partial charge on any atom is 0.286 e. The largest absolute Gasteiger partial charge is 0.496 e. The molecule has 0 fully saturated rings. The number of hydrogen-bond donors (Lipinski definition) is 0. The normalized spacial score (nSPS) is 18.9. The molecule has 1 amide bonds. The van der Waals surface area contributed by atoms with Crippen molar-refractivity contribution in [3.63, 3.8) is 0 Å². The zero-order valence-corrected chi connectivity index (χ0v) is 20.4. The van der Waals surface area contributed by atoms with E-state index in [4.69, 9.17) is 33.0 Å². The molecule has 170 valence electrons. The number of amides is 1. The number of ether oxygens (including phenoxy) is 1. The number of para-hydroxylation sites is 1. The molecule has 2 heterocycles. The number of carbonyl (C=O) groups excluding carboxylic acids is 1. The summed E-state index contributed by atoms with van der Waals surface area (Å²) in [6.45, 7) is 0. The summed E-state index contributed by atoms with van der Waals surface area (Å²) in [5.41, 5.74) is 3.73. The van der Waals surface area contributed by atoms with Gasteiger partial charge in [0.05, 0.1) is 23.8 Å². The quantitative estimate of drug-likeness (QED) is 0.363. The first-order valence-corrected chi connectivity index (χ1v) is 12.1. The standard InChI is InChI=1S/C26H19Cl2N3O2S/c1-33-23-5-3-2-4-18(23)14-24-25(32)29-26(34-24)31-22(17-8-12-20(28)13-9-17)15-21(30-31)16-6-10-19(27)11-7-16/h2-14,22H,15H2,1H3/b24-14+. The van der Waals surface area contributed by atoms with Crippen molar-refractivity contribution in [2.45, 2.75) is 12.5 Å². The van der Waals surface area contributed by atoms with E-state index in [-0.39, 0.29) is 11.9 Å². The van der Waals surface area contributed by atoms with Crippen LogP contribution in [0.4, 0.5) is 0 Å². The highest BCUT2D eigenvalue weighted by Gasteiger charge is 2.36. The molecule has 0 N–H and O–H groups in total. The van der Waals surface area contributed by atoms with Crippen LogP contribution in [0.2, 0.25) is 10.0 Å². The molecule has 34 heavy (non-hydrogen) atoms. The molecule has 1 unspecified atom stereocenters. The molecule has 5 rings (SSSR count). The van der Waals surface area contributed by atoms with E-state index in [1.54, 1.807) is 13.2 Å². The van der Waals surface area contributed by atoms with Crippen LogP contribution in [0.15, 0.2) is 87.8 Å². The molecule has 0 saturated heterocycles. The lowest BCUT2D eigenvalue weighted by Crippen LogP contribution is -2.23. The molecular formula is C26H19Cl2N3O2S. The average Bonchev–Trinajstić information content (AvgIpc) is 3.44. The van der Waals surface area contributed by atoms with Gasteiger partial charge in [-0.05, 0) is 59.3 Å². The Morgan fingerprint density at radius 2 is 1.68 bits per heavy atom. The van der Waals surface area contributed by atoms with Crippen LogP contribution in [0.1, 0.15) is 29.2 Å². The van der Waals surface area contributed by atoms with Gasteiger partial charge in [0, 0.05) is 22.0 Å². The highest BCUT2D eigenvalue weighted by atomic mass is 35.5. The van der Waals surface area contributed by atoms with Gasteiger partial charge >= 0.3 is 0 Å². The van der Waals surface area contributed by atoms with E-state index in [0.29, 0.717) is 32.3 Å². The Kier molecular flexibility index (Phi) is 6.46. The third-order valence-electron chi connectivity index (χ3n) is 5.57. The molecule has 0 spiro atoms. The highest BCUT2D eigenvalue weighted by Crippen LogP contribution is 2.40. The van der Waals surface area contributed by atoms with Crippen LogP contribution in [-0.2, 0) is 4.79 Å². The summed E-state index contributed by atoms with van der Waals surface area (Å²) >= 11 is 13.5. The number of hydrogen-bond acceptors (Lipinski definition) is 5. The van der Waals surface area contributed by atoms with Crippen molar-refractivity contribution in [2.75, 3.05) is 7.11 Å². The Balaban J connectivity index is 1.49. The summed E-state index contributed by atoms with van der Waals surface area (Å²) in [4.78, 5) is 17.7. The lowest BCUT2D eigenvalue weighted by Gasteiger charge is -2.22. The van der Waals surface area contributed by atoms with Crippen LogP contribution in [0.5, 0.6) is 5.75 Å². The molecule has 8 heteroatoms. The monoisotopic (exact) mass is 507 g/mol. The van der Waals surface area contributed by atoms with Gasteiger partial charge in [-0.2, -0.15) is 10.1 Å². The zero-order chi connectivity index (χ0) is 23.7. The van der Waals surface area contributed by atoms with Gasteiger partial charge in [-0.15, -0.1) is 0 Å². The van der Waals surface area contributed by atoms with E-state index >= 15 is 0 Å². The lowest BCUT2D eigenvalue weighted by molar-refractivity contribution is -0.113. The minimum Gasteiger partial charge on any atom is -0.496 e. The molecule has 2 aliphatic heterocycles. The summed E-state index contributed by atoms with van der Waals surface area (Å²) in [7, 11) is 1.61. The second-order valence-corrected chi connectivity index (χ2v) is 9.60. The van der Waals surface area contributed by atoms with Crippen molar-refractivity contribution >= 4 is 57.8 Å². The Hall–Kier alpha value is -3.06. The van der Waals surface area contributed by atoms with Gasteiger partial charge in [0.1, 0.15) is 5.75 Å². The van der Waals surface area contributed by atoms with E-state index < -0.39 is 0 Å². The van der Waals surface area contributed by atoms with E-state index in [9.17, 15) is 4.79 Å². The molecule has 0 aliphatic carbocycles. The Labute approximate surface area is 211 Å². The molecule has 2 aliphatic rings. The van der Waals surface area contributed by atoms with Crippen molar-refractivity contribution in [1.82, 2.24) is 5.01 Å². The number of carbonyl (C=O) groups is 1. The van der Waals surface area contributed by atoms with Crippen LogP contribution in [0.3, 0.4) is 0 Å². The Morgan fingerprint density at radius 1 is 1.00 bits per heavy atom. The van der Waals surface area contributed by atoms with Gasteiger partial charge in [-0.1, -0.05) is 65.7 Å². The fraction of sp³-hybridized carbons (Fsp3) is 0.115. The van der Waals surface area contributed by atoms with E-state index in [0.717, 1.165) is 22.4 Å². The van der Waals surface area contributed by atoms with Gasteiger partial charge in [-0.3, -0.25) is 4.79 Å². The smallest absolute Gasteiger partial charge is 0.286 e.